The second-order valence-corrected chi connectivity index (χ2v) is 3.38. The van der Waals surface area contributed by atoms with Crippen LogP contribution >= 0.6 is 12.6 Å². The highest BCUT2D eigenvalue weighted by Gasteiger charge is 2.06. The molecule has 0 bridgehead atoms. The fourth-order valence-electron chi connectivity index (χ4n) is 1.27. The van der Waals surface area contributed by atoms with E-state index in [2.05, 4.69) is 12.6 Å². The lowest BCUT2D eigenvalue weighted by Crippen LogP contribution is -2.04. The van der Waals surface area contributed by atoms with Crippen molar-refractivity contribution in [2.45, 2.75) is 6.42 Å². The second kappa shape index (κ2) is 5.66. The van der Waals surface area contributed by atoms with Crippen LogP contribution in [0.5, 0.6) is 11.5 Å². The molecule has 0 saturated heterocycles. The van der Waals surface area contributed by atoms with Gasteiger partial charge in [-0.05, 0) is 17.7 Å². The predicted molar refractivity (Wildman–Crippen MR) is 62.1 cm³/mol. The highest BCUT2D eigenvalue weighted by atomic mass is 32.1. The van der Waals surface area contributed by atoms with E-state index in [1.165, 1.54) is 0 Å². The molecule has 0 N–H and O–H groups in total. The van der Waals surface area contributed by atoms with Gasteiger partial charge in [-0.3, -0.25) is 4.79 Å². The zero-order valence-electron chi connectivity index (χ0n) is 8.82. The molecule has 82 valence electrons. The standard InChI is InChI=1S/C11H14O3S/c1-13-10-4-3-8(5-9(12)7-15)6-11(10)14-2/h3-4,6,15H,5,7H2,1-2H3. The Bertz CT molecular complexity index is 350. The van der Waals surface area contributed by atoms with Crippen LogP contribution in [0.1, 0.15) is 5.56 Å². The minimum atomic E-state index is 0.0885. The smallest absolute Gasteiger partial charge is 0.161 e. The Labute approximate surface area is 94.8 Å². The molecule has 0 aliphatic heterocycles. The van der Waals surface area contributed by atoms with Crippen LogP contribution in [0.4, 0.5) is 0 Å². The number of ketones is 1. The van der Waals surface area contributed by atoms with E-state index in [1.807, 2.05) is 6.07 Å². The first-order valence-electron chi connectivity index (χ1n) is 4.54. The summed E-state index contributed by atoms with van der Waals surface area (Å²) < 4.78 is 10.2. The van der Waals surface area contributed by atoms with E-state index in [0.29, 0.717) is 17.9 Å². The van der Waals surface area contributed by atoms with E-state index in [4.69, 9.17) is 9.47 Å². The van der Waals surface area contributed by atoms with E-state index in [9.17, 15) is 4.79 Å². The summed E-state index contributed by atoms with van der Waals surface area (Å²) in [6.07, 6.45) is 0.379. The SMILES string of the molecule is COc1ccc(CC(=O)CS)cc1OC. The van der Waals surface area contributed by atoms with E-state index < -0.39 is 0 Å². The van der Waals surface area contributed by atoms with Crippen molar-refractivity contribution < 1.29 is 14.3 Å². The van der Waals surface area contributed by atoms with Crippen LogP contribution in [0.15, 0.2) is 18.2 Å². The number of carbonyl (C=O) groups is 1. The fourth-order valence-corrected chi connectivity index (χ4v) is 1.39. The number of methoxy groups -OCH3 is 2. The van der Waals surface area contributed by atoms with Gasteiger partial charge in [0.15, 0.2) is 11.5 Å². The third-order valence-corrected chi connectivity index (χ3v) is 2.38. The molecular weight excluding hydrogens is 212 g/mol. The molecule has 0 radical (unpaired) electrons. The summed E-state index contributed by atoms with van der Waals surface area (Å²) >= 11 is 3.93. The van der Waals surface area contributed by atoms with Crippen LogP contribution < -0.4 is 9.47 Å². The number of carbonyl (C=O) groups excluding carboxylic acids is 1. The third kappa shape index (κ3) is 3.16. The summed E-state index contributed by atoms with van der Waals surface area (Å²) in [5.41, 5.74) is 0.909. The molecule has 1 aromatic carbocycles. The molecule has 3 nitrogen and oxygen atoms in total. The number of thiol groups is 1. The van der Waals surface area contributed by atoms with Gasteiger partial charge in [0, 0.05) is 12.2 Å². The maximum atomic E-state index is 11.2. The zero-order valence-corrected chi connectivity index (χ0v) is 9.71. The first-order valence-corrected chi connectivity index (χ1v) is 5.18. The molecule has 4 heteroatoms. The Kier molecular flexibility index (Phi) is 4.49. The Balaban J connectivity index is 2.88. The Morgan fingerprint density at radius 2 is 1.93 bits per heavy atom. The molecule has 0 atom stereocenters. The molecule has 0 fully saturated rings. The number of hydrogen-bond acceptors (Lipinski definition) is 4. The summed E-state index contributed by atoms with van der Waals surface area (Å²) in [7, 11) is 3.15. The zero-order chi connectivity index (χ0) is 11.3. The van der Waals surface area contributed by atoms with Gasteiger partial charge in [0.2, 0.25) is 0 Å². The minimum Gasteiger partial charge on any atom is -0.493 e. The number of ether oxygens (including phenoxy) is 2. The van der Waals surface area contributed by atoms with Gasteiger partial charge in [-0.15, -0.1) is 0 Å². The van der Waals surface area contributed by atoms with Crippen molar-refractivity contribution in [3.8, 4) is 11.5 Å². The minimum absolute atomic E-state index is 0.0885. The van der Waals surface area contributed by atoms with Crippen LogP contribution in [0, 0.1) is 0 Å². The normalized spacial score (nSPS) is 9.80. The highest BCUT2D eigenvalue weighted by molar-refractivity contribution is 7.81. The lowest BCUT2D eigenvalue weighted by molar-refractivity contribution is -0.115. The molecule has 0 spiro atoms. The van der Waals surface area contributed by atoms with E-state index in [0.717, 1.165) is 5.56 Å². The van der Waals surface area contributed by atoms with Gasteiger partial charge in [-0.25, -0.2) is 0 Å². The molecule has 0 aliphatic carbocycles. The molecule has 1 rings (SSSR count). The molecule has 1 aromatic rings. The summed E-state index contributed by atoms with van der Waals surface area (Å²) in [5.74, 6) is 1.65. The third-order valence-electron chi connectivity index (χ3n) is 2.03. The van der Waals surface area contributed by atoms with Crippen molar-refractivity contribution in [2.75, 3.05) is 20.0 Å². The maximum Gasteiger partial charge on any atom is 0.161 e. The van der Waals surface area contributed by atoms with E-state index >= 15 is 0 Å². The average molecular weight is 226 g/mol. The first-order chi connectivity index (χ1) is 7.21. The molecule has 0 heterocycles. The molecule has 0 aromatic heterocycles. The van der Waals surface area contributed by atoms with E-state index in [1.54, 1.807) is 26.4 Å². The Morgan fingerprint density at radius 1 is 1.27 bits per heavy atom. The molecule has 0 amide bonds. The largest absolute Gasteiger partial charge is 0.493 e. The van der Waals surface area contributed by atoms with Gasteiger partial charge < -0.3 is 9.47 Å². The van der Waals surface area contributed by atoms with Gasteiger partial charge in [0.05, 0.1) is 14.2 Å². The molecular formula is C11H14O3S. The van der Waals surface area contributed by atoms with Crippen LogP contribution in [-0.2, 0) is 11.2 Å². The summed E-state index contributed by atoms with van der Waals surface area (Å²) in [4.78, 5) is 11.2. The van der Waals surface area contributed by atoms with Gasteiger partial charge in [0.1, 0.15) is 5.78 Å². The van der Waals surface area contributed by atoms with Crippen molar-refractivity contribution in [1.29, 1.82) is 0 Å². The maximum absolute atomic E-state index is 11.2. The average Bonchev–Trinajstić information content (AvgIpc) is 2.28. The van der Waals surface area contributed by atoms with Crippen molar-refractivity contribution in [2.24, 2.45) is 0 Å². The number of benzene rings is 1. The van der Waals surface area contributed by atoms with Crippen LogP contribution in [0.25, 0.3) is 0 Å². The van der Waals surface area contributed by atoms with Crippen LogP contribution in [0.3, 0.4) is 0 Å². The number of hydrogen-bond donors (Lipinski definition) is 1. The number of Topliss-reactive ketones (excluding diaryl/α,β-unsaturated/α-hetero) is 1. The van der Waals surface area contributed by atoms with Gasteiger partial charge in [0.25, 0.3) is 0 Å². The summed E-state index contributed by atoms with van der Waals surface area (Å²) in [6.45, 7) is 0. The lowest BCUT2D eigenvalue weighted by Gasteiger charge is -2.08. The summed E-state index contributed by atoms with van der Waals surface area (Å²) in [6, 6.07) is 5.45. The van der Waals surface area contributed by atoms with Gasteiger partial charge in [-0.1, -0.05) is 6.07 Å². The van der Waals surface area contributed by atoms with E-state index in [-0.39, 0.29) is 11.5 Å². The van der Waals surface area contributed by atoms with Crippen molar-refractivity contribution in [3.63, 3.8) is 0 Å². The molecule has 0 unspecified atom stereocenters. The molecule has 15 heavy (non-hydrogen) atoms. The monoisotopic (exact) mass is 226 g/mol. The molecule has 0 aliphatic rings. The Morgan fingerprint density at radius 3 is 2.47 bits per heavy atom. The fraction of sp³-hybridized carbons (Fsp3) is 0.364. The highest BCUT2D eigenvalue weighted by Crippen LogP contribution is 2.27. The second-order valence-electron chi connectivity index (χ2n) is 3.06. The van der Waals surface area contributed by atoms with Crippen molar-refractivity contribution >= 4 is 18.4 Å². The molecule has 0 saturated carbocycles. The van der Waals surface area contributed by atoms with Gasteiger partial charge >= 0.3 is 0 Å². The predicted octanol–water partition coefficient (Wildman–Crippen LogP) is 1.75. The van der Waals surface area contributed by atoms with Crippen LogP contribution in [-0.4, -0.2) is 25.8 Å². The van der Waals surface area contributed by atoms with Crippen molar-refractivity contribution in [3.05, 3.63) is 23.8 Å². The lowest BCUT2D eigenvalue weighted by atomic mass is 10.1. The topological polar surface area (TPSA) is 35.5 Å². The first kappa shape index (κ1) is 11.9. The summed E-state index contributed by atoms with van der Waals surface area (Å²) in [5, 5.41) is 0. The number of rotatable bonds is 5. The van der Waals surface area contributed by atoms with Gasteiger partial charge in [-0.2, -0.15) is 12.6 Å². The quantitative estimate of drug-likeness (QED) is 0.777. The Hall–Kier alpha value is -1.16. The van der Waals surface area contributed by atoms with Crippen molar-refractivity contribution in [1.82, 2.24) is 0 Å². The van der Waals surface area contributed by atoms with Crippen LogP contribution in [0.2, 0.25) is 0 Å².